The standard InChI is InChI=1S/C34H27ClN4/c1-23(37-34(26-13-6-3-7-14-26)38-33(36)25-11-4-2-5-12-25)24-19-21-27(22-20-24)39-31-18-9-8-15-28(31)29-16-10-17-30(35)32(29)39/h2-23H,1H3,(H2,36,37,38). The average Bonchev–Trinajstić information content (AvgIpc) is 3.33. The zero-order valence-corrected chi connectivity index (χ0v) is 22.3. The minimum Gasteiger partial charge on any atom is -0.383 e. The van der Waals surface area contributed by atoms with Gasteiger partial charge in [0, 0.05) is 27.6 Å². The minimum absolute atomic E-state index is 0.136. The summed E-state index contributed by atoms with van der Waals surface area (Å²) in [4.78, 5) is 9.75. The number of hydrogen-bond donors (Lipinski definition) is 1. The molecule has 4 nitrogen and oxygen atoms in total. The Morgan fingerprint density at radius 2 is 1.31 bits per heavy atom. The molecule has 1 atom stereocenters. The predicted molar refractivity (Wildman–Crippen MR) is 164 cm³/mol. The van der Waals surface area contributed by atoms with Gasteiger partial charge in [0.05, 0.1) is 22.1 Å². The summed E-state index contributed by atoms with van der Waals surface area (Å²) < 4.78 is 2.23. The smallest absolute Gasteiger partial charge is 0.157 e. The first-order valence-corrected chi connectivity index (χ1v) is 13.3. The zero-order valence-electron chi connectivity index (χ0n) is 21.5. The van der Waals surface area contributed by atoms with Crippen LogP contribution in [0.2, 0.25) is 5.02 Å². The van der Waals surface area contributed by atoms with Crippen LogP contribution in [0.1, 0.15) is 29.7 Å². The first-order valence-electron chi connectivity index (χ1n) is 12.9. The van der Waals surface area contributed by atoms with Crippen molar-refractivity contribution in [2.75, 3.05) is 0 Å². The Hall–Kier alpha value is -4.67. The molecule has 5 aromatic carbocycles. The van der Waals surface area contributed by atoms with E-state index in [1.54, 1.807) is 0 Å². The van der Waals surface area contributed by atoms with E-state index < -0.39 is 0 Å². The molecule has 0 aliphatic carbocycles. The number of nitrogens with two attached hydrogens (primary N) is 1. The van der Waals surface area contributed by atoms with E-state index in [4.69, 9.17) is 27.3 Å². The fourth-order valence-electron chi connectivity index (χ4n) is 4.95. The molecule has 1 unspecified atom stereocenters. The average molecular weight is 527 g/mol. The van der Waals surface area contributed by atoms with Crippen molar-refractivity contribution >= 4 is 45.1 Å². The number of aliphatic imine (C=N–C) groups is 2. The fraction of sp³-hybridized carbons (Fsp3) is 0.0588. The summed E-state index contributed by atoms with van der Waals surface area (Å²) >= 11 is 6.71. The molecule has 0 aliphatic rings. The maximum Gasteiger partial charge on any atom is 0.157 e. The van der Waals surface area contributed by atoms with Crippen molar-refractivity contribution in [2.24, 2.45) is 15.7 Å². The van der Waals surface area contributed by atoms with Crippen LogP contribution in [0.4, 0.5) is 0 Å². The summed E-state index contributed by atoms with van der Waals surface area (Å²) in [6.07, 6.45) is 0. The third-order valence-corrected chi connectivity index (χ3v) is 7.23. The van der Waals surface area contributed by atoms with Crippen molar-refractivity contribution in [3.8, 4) is 5.69 Å². The molecule has 6 rings (SSSR count). The molecule has 0 saturated carbocycles. The van der Waals surface area contributed by atoms with Gasteiger partial charge in [0.15, 0.2) is 5.84 Å². The Bertz CT molecular complexity index is 1820. The molecule has 1 heterocycles. The lowest BCUT2D eigenvalue weighted by Gasteiger charge is -2.13. The molecular weight excluding hydrogens is 500 g/mol. The third kappa shape index (κ3) is 4.83. The molecular formula is C34H27ClN4. The van der Waals surface area contributed by atoms with Gasteiger partial charge in [-0.05, 0) is 36.8 Å². The Labute approximate surface area is 232 Å². The van der Waals surface area contributed by atoms with Gasteiger partial charge in [-0.3, -0.25) is 4.99 Å². The van der Waals surface area contributed by atoms with Crippen LogP contribution in [0.25, 0.3) is 27.5 Å². The molecule has 0 amide bonds. The molecule has 0 spiro atoms. The lowest BCUT2D eigenvalue weighted by Crippen LogP contribution is -2.16. The highest BCUT2D eigenvalue weighted by atomic mass is 35.5. The Morgan fingerprint density at radius 1 is 0.692 bits per heavy atom. The number of para-hydroxylation sites is 2. The number of fused-ring (bicyclic) bond motifs is 3. The maximum absolute atomic E-state index is 6.71. The normalized spacial score (nSPS) is 13.2. The summed E-state index contributed by atoms with van der Waals surface area (Å²) in [6, 6.07) is 42.5. The third-order valence-electron chi connectivity index (χ3n) is 6.92. The van der Waals surface area contributed by atoms with Crippen LogP contribution in [0.3, 0.4) is 0 Å². The van der Waals surface area contributed by atoms with Gasteiger partial charge in [-0.1, -0.05) is 115 Å². The van der Waals surface area contributed by atoms with Crippen LogP contribution in [-0.2, 0) is 0 Å². The van der Waals surface area contributed by atoms with Crippen LogP contribution in [0, 0.1) is 0 Å². The van der Waals surface area contributed by atoms with Gasteiger partial charge in [-0.2, -0.15) is 0 Å². The molecule has 2 N–H and O–H groups in total. The van der Waals surface area contributed by atoms with Crippen molar-refractivity contribution < 1.29 is 0 Å². The second-order valence-electron chi connectivity index (χ2n) is 9.44. The summed E-state index contributed by atoms with van der Waals surface area (Å²) in [5, 5.41) is 3.05. The molecule has 0 radical (unpaired) electrons. The van der Waals surface area contributed by atoms with E-state index in [1.165, 1.54) is 5.39 Å². The Balaban J connectivity index is 1.39. The van der Waals surface area contributed by atoms with E-state index >= 15 is 0 Å². The van der Waals surface area contributed by atoms with Gasteiger partial charge in [0.25, 0.3) is 0 Å². The second kappa shape index (κ2) is 10.6. The highest BCUT2D eigenvalue weighted by Crippen LogP contribution is 2.36. The van der Waals surface area contributed by atoms with E-state index in [1.807, 2.05) is 72.8 Å². The molecule has 0 bridgehead atoms. The summed E-state index contributed by atoms with van der Waals surface area (Å²) in [7, 11) is 0. The topological polar surface area (TPSA) is 55.7 Å². The highest BCUT2D eigenvalue weighted by Gasteiger charge is 2.15. The molecule has 190 valence electrons. The van der Waals surface area contributed by atoms with E-state index in [-0.39, 0.29) is 6.04 Å². The van der Waals surface area contributed by atoms with Crippen molar-refractivity contribution in [2.45, 2.75) is 13.0 Å². The maximum atomic E-state index is 6.71. The molecule has 5 heteroatoms. The Kier molecular flexibility index (Phi) is 6.70. The number of rotatable bonds is 5. The van der Waals surface area contributed by atoms with E-state index in [2.05, 4.69) is 66.1 Å². The molecule has 0 fully saturated rings. The fourth-order valence-corrected chi connectivity index (χ4v) is 5.21. The van der Waals surface area contributed by atoms with Crippen molar-refractivity contribution in [3.63, 3.8) is 0 Å². The van der Waals surface area contributed by atoms with Gasteiger partial charge >= 0.3 is 0 Å². The van der Waals surface area contributed by atoms with Crippen LogP contribution in [-0.4, -0.2) is 16.2 Å². The summed E-state index contributed by atoms with van der Waals surface area (Å²) in [6.45, 7) is 2.07. The molecule has 0 saturated heterocycles. The zero-order chi connectivity index (χ0) is 26.8. The van der Waals surface area contributed by atoms with Crippen molar-refractivity contribution in [1.82, 2.24) is 4.57 Å². The number of hydrogen-bond acceptors (Lipinski definition) is 1. The first-order chi connectivity index (χ1) is 19.1. The van der Waals surface area contributed by atoms with Gasteiger partial charge in [0.1, 0.15) is 5.84 Å². The van der Waals surface area contributed by atoms with Crippen LogP contribution in [0.15, 0.2) is 137 Å². The number of amidine groups is 2. The highest BCUT2D eigenvalue weighted by molar-refractivity contribution is 6.36. The largest absolute Gasteiger partial charge is 0.383 e. The Morgan fingerprint density at radius 3 is 2.03 bits per heavy atom. The summed E-state index contributed by atoms with van der Waals surface area (Å²) in [5.74, 6) is 1.03. The summed E-state index contributed by atoms with van der Waals surface area (Å²) in [5.41, 5.74) is 12.4. The number of halogens is 1. The lowest BCUT2D eigenvalue weighted by molar-refractivity contribution is 0.818. The first kappa shape index (κ1) is 24.7. The SMILES string of the molecule is CC(N=C(N=C(N)c1ccccc1)c1ccccc1)c1ccc(-n2c3ccccc3c3cccc(Cl)c32)cc1. The quantitative estimate of drug-likeness (QED) is 0.178. The monoisotopic (exact) mass is 526 g/mol. The predicted octanol–water partition coefficient (Wildman–Crippen LogP) is 8.35. The van der Waals surface area contributed by atoms with Crippen molar-refractivity contribution in [3.05, 3.63) is 149 Å². The van der Waals surface area contributed by atoms with Gasteiger partial charge in [0.2, 0.25) is 0 Å². The van der Waals surface area contributed by atoms with Crippen LogP contribution < -0.4 is 5.73 Å². The molecule has 0 aliphatic heterocycles. The number of aromatic nitrogens is 1. The second-order valence-corrected chi connectivity index (χ2v) is 9.85. The van der Waals surface area contributed by atoms with Crippen molar-refractivity contribution in [1.29, 1.82) is 0 Å². The lowest BCUT2D eigenvalue weighted by atomic mass is 10.1. The van der Waals surface area contributed by atoms with E-state index in [9.17, 15) is 0 Å². The molecule has 6 aromatic rings. The van der Waals surface area contributed by atoms with Crippen LogP contribution in [0.5, 0.6) is 0 Å². The van der Waals surface area contributed by atoms with Gasteiger partial charge in [-0.15, -0.1) is 0 Å². The minimum atomic E-state index is -0.136. The number of benzene rings is 5. The molecule has 1 aromatic heterocycles. The van der Waals surface area contributed by atoms with Gasteiger partial charge in [-0.25, -0.2) is 4.99 Å². The van der Waals surface area contributed by atoms with E-state index in [0.29, 0.717) is 11.7 Å². The van der Waals surface area contributed by atoms with E-state index in [0.717, 1.165) is 43.8 Å². The molecule has 39 heavy (non-hydrogen) atoms. The van der Waals surface area contributed by atoms with Crippen LogP contribution >= 0.6 is 11.6 Å². The van der Waals surface area contributed by atoms with Gasteiger partial charge < -0.3 is 10.3 Å². The number of nitrogens with zero attached hydrogens (tertiary/aromatic N) is 3.